The molecule has 2 N–H and O–H groups in total. The van der Waals surface area contributed by atoms with Gasteiger partial charge >= 0.3 is 0 Å². The molecule has 0 aliphatic carbocycles. The first-order valence-electron chi connectivity index (χ1n) is 5.90. The third kappa shape index (κ3) is 3.14. The summed E-state index contributed by atoms with van der Waals surface area (Å²) in [5.41, 5.74) is 9.18. The minimum Gasteiger partial charge on any atom is -0.330 e. The largest absolute Gasteiger partial charge is 0.330 e. The molecule has 0 bridgehead atoms. The van der Waals surface area contributed by atoms with Crippen molar-refractivity contribution in [2.75, 3.05) is 6.54 Å². The maximum Gasteiger partial charge on any atom is 0.0935 e. The summed E-state index contributed by atoms with van der Waals surface area (Å²) in [5.74, 6) is 0.506. The normalized spacial score (nSPS) is 12.6. The smallest absolute Gasteiger partial charge is 0.0935 e. The average Bonchev–Trinajstić information content (AvgIpc) is 2.78. The summed E-state index contributed by atoms with van der Waals surface area (Å²) >= 11 is 1.73. The summed E-state index contributed by atoms with van der Waals surface area (Å²) in [6.45, 7) is 4.98. The Bertz CT molecular complexity index is 473. The van der Waals surface area contributed by atoms with Crippen molar-refractivity contribution < 1.29 is 0 Å². The zero-order valence-corrected chi connectivity index (χ0v) is 11.1. The highest BCUT2D eigenvalue weighted by Gasteiger charge is 2.07. The summed E-state index contributed by atoms with van der Waals surface area (Å²) in [6, 6.07) is 8.49. The number of nitrogens with zero attached hydrogens (tertiary/aromatic N) is 1. The lowest BCUT2D eigenvalue weighted by molar-refractivity contribution is 0.591. The number of aromatic nitrogens is 1. The summed E-state index contributed by atoms with van der Waals surface area (Å²) in [6.07, 6.45) is 0.979. The van der Waals surface area contributed by atoms with E-state index in [9.17, 15) is 0 Å². The van der Waals surface area contributed by atoms with E-state index in [0.29, 0.717) is 5.92 Å². The summed E-state index contributed by atoms with van der Waals surface area (Å²) in [4.78, 5) is 4.66. The topological polar surface area (TPSA) is 38.9 Å². The molecule has 90 valence electrons. The second-order valence-corrected chi connectivity index (χ2v) is 5.48. The predicted octanol–water partition coefficient (Wildman–Crippen LogP) is 3.26. The first-order chi connectivity index (χ1) is 8.19. The molecule has 17 heavy (non-hydrogen) atoms. The fourth-order valence-electron chi connectivity index (χ4n) is 1.64. The van der Waals surface area contributed by atoms with Gasteiger partial charge in [-0.3, -0.25) is 0 Å². The molecular formula is C14H18N2S. The lowest BCUT2D eigenvalue weighted by Crippen LogP contribution is -2.12. The molecule has 1 unspecified atom stereocenters. The molecule has 0 radical (unpaired) electrons. The van der Waals surface area contributed by atoms with E-state index in [0.717, 1.165) is 18.7 Å². The Morgan fingerprint density at radius 2 is 2.00 bits per heavy atom. The van der Waals surface area contributed by atoms with Crippen molar-refractivity contribution in [3.63, 3.8) is 0 Å². The van der Waals surface area contributed by atoms with Gasteiger partial charge in [-0.1, -0.05) is 36.8 Å². The Morgan fingerprint density at radius 1 is 1.29 bits per heavy atom. The van der Waals surface area contributed by atoms with E-state index >= 15 is 0 Å². The minimum atomic E-state index is 0.506. The zero-order valence-electron chi connectivity index (χ0n) is 10.3. The van der Waals surface area contributed by atoms with E-state index < -0.39 is 0 Å². The molecule has 1 aromatic heterocycles. The van der Waals surface area contributed by atoms with E-state index in [2.05, 4.69) is 48.5 Å². The van der Waals surface area contributed by atoms with Crippen molar-refractivity contribution in [1.82, 2.24) is 4.98 Å². The van der Waals surface area contributed by atoms with Crippen molar-refractivity contribution in [3.05, 3.63) is 40.2 Å². The van der Waals surface area contributed by atoms with Crippen LogP contribution in [0.5, 0.6) is 0 Å². The lowest BCUT2D eigenvalue weighted by atomic mass is 10.1. The molecular weight excluding hydrogens is 228 g/mol. The van der Waals surface area contributed by atoms with E-state index in [1.807, 2.05) is 0 Å². The third-order valence-corrected chi connectivity index (χ3v) is 3.70. The Hall–Kier alpha value is -1.19. The highest BCUT2D eigenvalue weighted by atomic mass is 32.1. The van der Waals surface area contributed by atoms with Crippen LogP contribution in [0.1, 0.15) is 17.5 Å². The van der Waals surface area contributed by atoms with E-state index in [-0.39, 0.29) is 0 Å². The van der Waals surface area contributed by atoms with Gasteiger partial charge in [0, 0.05) is 17.4 Å². The first-order valence-corrected chi connectivity index (χ1v) is 6.78. The monoisotopic (exact) mass is 246 g/mol. The maximum absolute atomic E-state index is 5.63. The van der Waals surface area contributed by atoms with Crippen molar-refractivity contribution in [2.24, 2.45) is 11.7 Å². The molecule has 0 aliphatic heterocycles. The van der Waals surface area contributed by atoms with Gasteiger partial charge in [0.1, 0.15) is 0 Å². The number of aryl methyl sites for hydroxylation is 1. The van der Waals surface area contributed by atoms with Crippen LogP contribution < -0.4 is 5.73 Å². The quantitative estimate of drug-likeness (QED) is 0.899. The molecule has 2 nitrogen and oxygen atoms in total. The second-order valence-electron chi connectivity index (χ2n) is 4.54. The summed E-state index contributed by atoms with van der Waals surface area (Å²) in [7, 11) is 0. The van der Waals surface area contributed by atoms with E-state index in [4.69, 9.17) is 5.73 Å². The van der Waals surface area contributed by atoms with Crippen molar-refractivity contribution in [1.29, 1.82) is 0 Å². The van der Waals surface area contributed by atoms with Gasteiger partial charge < -0.3 is 5.73 Å². The molecule has 0 saturated carbocycles. The minimum absolute atomic E-state index is 0.506. The first kappa shape index (κ1) is 12.3. The molecule has 2 rings (SSSR count). The zero-order chi connectivity index (χ0) is 12.3. The fourth-order valence-corrected chi connectivity index (χ4v) is 2.61. The van der Waals surface area contributed by atoms with Crippen LogP contribution >= 0.6 is 11.3 Å². The molecule has 1 heterocycles. The molecule has 0 amide bonds. The highest BCUT2D eigenvalue weighted by Crippen LogP contribution is 2.23. The fraction of sp³-hybridized carbons (Fsp3) is 0.357. The van der Waals surface area contributed by atoms with Crippen LogP contribution in [-0.4, -0.2) is 11.5 Å². The molecule has 1 atom stereocenters. The molecule has 0 aliphatic rings. The molecule has 1 aromatic carbocycles. The summed E-state index contributed by atoms with van der Waals surface area (Å²) in [5, 5.41) is 3.31. The van der Waals surface area contributed by atoms with E-state index in [1.165, 1.54) is 16.1 Å². The number of benzene rings is 1. The summed E-state index contributed by atoms with van der Waals surface area (Å²) < 4.78 is 0. The number of nitrogens with two attached hydrogens (primary N) is 1. The Labute approximate surface area is 107 Å². The SMILES string of the molecule is Cc1ccc(-c2csc(CC(C)CN)n2)cc1. The molecule has 0 fully saturated rings. The Balaban J connectivity index is 2.15. The predicted molar refractivity (Wildman–Crippen MR) is 74.2 cm³/mol. The van der Waals surface area contributed by atoms with Gasteiger partial charge in [0.25, 0.3) is 0 Å². The maximum atomic E-state index is 5.63. The van der Waals surface area contributed by atoms with E-state index in [1.54, 1.807) is 11.3 Å². The van der Waals surface area contributed by atoms with Gasteiger partial charge in [-0.15, -0.1) is 11.3 Å². The van der Waals surface area contributed by atoms with Crippen LogP contribution in [-0.2, 0) is 6.42 Å². The third-order valence-electron chi connectivity index (χ3n) is 2.82. The van der Waals surface area contributed by atoms with Crippen molar-refractivity contribution in [3.8, 4) is 11.3 Å². The van der Waals surface area contributed by atoms with Crippen LogP contribution in [0, 0.1) is 12.8 Å². The average molecular weight is 246 g/mol. The molecule has 0 saturated heterocycles. The highest BCUT2D eigenvalue weighted by molar-refractivity contribution is 7.09. The van der Waals surface area contributed by atoms with Crippen LogP contribution in [0.4, 0.5) is 0 Å². The van der Waals surface area contributed by atoms with Gasteiger partial charge in [0.05, 0.1) is 10.7 Å². The van der Waals surface area contributed by atoms with Gasteiger partial charge in [0.15, 0.2) is 0 Å². The van der Waals surface area contributed by atoms with Crippen molar-refractivity contribution in [2.45, 2.75) is 20.3 Å². The molecule has 0 spiro atoms. The molecule has 3 heteroatoms. The lowest BCUT2D eigenvalue weighted by Gasteiger charge is -2.04. The number of thiazole rings is 1. The van der Waals surface area contributed by atoms with Crippen molar-refractivity contribution >= 4 is 11.3 Å². The van der Waals surface area contributed by atoms with Crippen LogP contribution in [0.3, 0.4) is 0 Å². The van der Waals surface area contributed by atoms with Crippen LogP contribution in [0.25, 0.3) is 11.3 Å². The molecule has 2 aromatic rings. The number of rotatable bonds is 4. The Kier molecular flexibility index (Phi) is 3.92. The van der Waals surface area contributed by atoms with Gasteiger partial charge in [0.2, 0.25) is 0 Å². The number of hydrogen-bond donors (Lipinski definition) is 1. The van der Waals surface area contributed by atoms with Crippen LogP contribution in [0.2, 0.25) is 0 Å². The standard InChI is InChI=1S/C14H18N2S/c1-10-3-5-12(6-4-10)13-9-17-14(16-13)7-11(2)8-15/h3-6,9,11H,7-8,15H2,1-2H3. The van der Waals surface area contributed by atoms with Gasteiger partial charge in [-0.25, -0.2) is 4.98 Å². The van der Waals surface area contributed by atoms with Gasteiger partial charge in [-0.2, -0.15) is 0 Å². The van der Waals surface area contributed by atoms with Crippen LogP contribution in [0.15, 0.2) is 29.6 Å². The van der Waals surface area contributed by atoms with Gasteiger partial charge in [-0.05, 0) is 19.4 Å². The second kappa shape index (κ2) is 5.43. The Morgan fingerprint density at radius 3 is 2.65 bits per heavy atom. The number of hydrogen-bond acceptors (Lipinski definition) is 3.